The first kappa shape index (κ1) is 14.3. The Labute approximate surface area is 137 Å². The smallest absolute Gasteiger partial charge is 0.299 e. The van der Waals surface area contributed by atoms with Crippen molar-refractivity contribution >= 4 is 28.0 Å². The van der Waals surface area contributed by atoms with Crippen LogP contribution in [-0.2, 0) is 4.79 Å². The quantitative estimate of drug-likeness (QED) is 0.835. The van der Waals surface area contributed by atoms with Crippen LogP contribution >= 0.6 is 16.1 Å². The van der Waals surface area contributed by atoms with E-state index < -0.39 is 0 Å². The van der Waals surface area contributed by atoms with Crippen LogP contribution in [0.15, 0.2) is 22.8 Å². The second kappa shape index (κ2) is 4.85. The molecule has 0 aromatic carbocycles. The fourth-order valence-electron chi connectivity index (χ4n) is 5.31. The van der Waals surface area contributed by atoms with E-state index in [1.54, 1.807) is 16.1 Å². The molecule has 118 valence electrons. The first-order valence-electron chi connectivity index (χ1n) is 7.83. The molecule has 4 fully saturated rings. The Morgan fingerprint density at radius 1 is 1.27 bits per heavy atom. The number of carbonyl (C=O) groups excluding carboxylic acids is 2. The lowest BCUT2D eigenvalue weighted by Crippen LogP contribution is -2.61. The number of furan rings is 1. The Morgan fingerprint density at radius 3 is 2.50 bits per heavy atom. The maximum absolute atomic E-state index is 12.5. The number of hydrogen-bond acceptors (Lipinski definition) is 3. The van der Waals surface area contributed by atoms with Gasteiger partial charge in [-0.05, 0) is 62.0 Å². The summed E-state index contributed by atoms with van der Waals surface area (Å²) >= 11 is 3.48. The van der Waals surface area contributed by atoms with E-state index >= 15 is 0 Å². The van der Waals surface area contributed by atoms with Crippen LogP contribution in [0, 0.1) is 23.2 Å². The summed E-state index contributed by atoms with van der Waals surface area (Å²) in [6.45, 7) is 0. The minimum Gasteiger partial charge on any atom is -0.459 e. The van der Waals surface area contributed by atoms with Crippen LogP contribution in [-0.4, -0.2) is 21.8 Å². The van der Waals surface area contributed by atoms with Crippen molar-refractivity contribution in [2.75, 3.05) is 0 Å². The number of amides is 2. The molecule has 1 aromatic heterocycles. The number of rotatable bonds is 3. The van der Waals surface area contributed by atoms with Gasteiger partial charge in [-0.2, -0.15) is 0 Å². The molecule has 4 saturated carbocycles. The molecule has 0 spiro atoms. The summed E-state index contributed by atoms with van der Waals surface area (Å²) in [5.74, 6) is 1.32. The summed E-state index contributed by atoms with van der Waals surface area (Å²) in [4.78, 5) is 24.5. The third-order valence-electron chi connectivity index (χ3n) is 5.93. The van der Waals surface area contributed by atoms with Crippen LogP contribution in [0.3, 0.4) is 0 Å². The fourth-order valence-corrected chi connectivity index (χ4v) is 6.15. The van der Waals surface area contributed by atoms with Gasteiger partial charge in [-0.15, -0.1) is 0 Å². The standard InChI is InChI=1S/C16H19BrN2O3/c17-19(14(20)12-2-1-3-22-12)13-10-4-9-5-11(13)8-16(6-9,7-10)15(18)21/h1-3,9-11,13H,4-8H2,(H2,18,21). The van der Waals surface area contributed by atoms with Crippen molar-refractivity contribution in [3.63, 3.8) is 0 Å². The zero-order chi connectivity index (χ0) is 15.5. The summed E-state index contributed by atoms with van der Waals surface area (Å²) in [5, 5.41) is 0. The van der Waals surface area contributed by atoms with Crippen LogP contribution < -0.4 is 5.73 Å². The van der Waals surface area contributed by atoms with Gasteiger partial charge in [0.05, 0.1) is 22.4 Å². The van der Waals surface area contributed by atoms with Crippen LogP contribution in [0.1, 0.15) is 42.7 Å². The van der Waals surface area contributed by atoms with Crippen molar-refractivity contribution in [1.82, 2.24) is 3.93 Å². The molecule has 22 heavy (non-hydrogen) atoms. The molecule has 2 atom stereocenters. The van der Waals surface area contributed by atoms with Crippen molar-refractivity contribution in [2.24, 2.45) is 28.9 Å². The van der Waals surface area contributed by atoms with E-state index in [1.165, 1.54) is 6.26 Å². The minimum atomic E-state index is -0.325. The molecular weight excluding hydrogens is 348 g/mol. The molecule has 6 heteroatoms. The predicted octanol–water partition coefficient (Wildman–Crippen LogP) is 2.71. The van der Waals surface area contributed by atoms with Gasteiger partial charge in [-0.1, -0.05) is 0 Å². The first-order chi connectivity index (χ1) is 10.5. The zero-order valence-corrected chi connectivity index (χ0v) is 13.8. The van der Waals surface area contributed by atoms with Crippen LogP contribution in [0.4, 0.5) is 0 Å². The van der Waals surface area contributed by atoms with Crippen LogP contribution in [0.5, 0.6) is 0 Å². The van der Waals surface area contributed by atoms with Crippen molar-refractivity contribution < 1.29 is 14.0 Å². The number of nitrogens with zero attached hydrogens (tertiary/aromatic N) is 1. The average Bonchev–Trinajstić information content (AvgIpc) is 2.99. The zero-order valence-electron chi connectivity index (χ0n) is 12.2. The molecule has 0 aliphatic heterocycles. The van der Waals surface area contributed by atoms with Gasteiger partial charge >= 0.3 is 0 Å². The summed E-state index contributed by atoms with van der Waals surface area (Å²) in [7, 11) is 0. The van der Waals surface area contributed by atoms with E-state index in [2.05, 4.69) is 16.1 Å². The number of carbonyl (C=O) groups is 2. The molecule has 0 radical (unpaired) electrons. The molecule has 5 nitrogen and oxygen atoms in total. The minimum absolute atomic E-state index is 0.127. The molecule has 4 aliphatic rings. The molecule has 5 rings (SSSR count). The van der Waals surface area contributed by atoms with E-state index in [9.17, 15) is 9.59 Å². The highest BCUT2D eigenvalue weighted by Crippen LogP contribution is 2.61. The number of primary amides is 1. The Balaban J connectivity index is 1.60. The van der Waals surface area contributed by atoms with Gasteiger partial charge in [0.2, 0.25) is 5.91 Å². The van der Waals surface area contributed by atoms with Gasteiger partial charge in [0, 0.05) is 11.5 Å². The van der Waals surface area contributed by atoms with Gasteiger partial charge in [-0.25, -0.2) is 0 Å². The van der Waals surface area contributed by atoms with E-state index in [-0.39, 0.29) is 23.3 Å². The van der Waals surface area contributed by atoms with Crippen molar-refractivity contribution in [3.8, 4) is 0 Å². The van der Waals surface area contributed by atoms with Gasteiger partial charge in [-0.3, -0.25) is 13.5 Å². The number of hydrogen-bond donors (Lipinski definition) is 1. The molecular formula is C16H19BrN2O3. The molecule has 2 unspecified atom stereocenters. The SMILES string of the molecule is NC(=O)C12CC3CC(C1)C(N(Br)C(=O)c1ccco1)C(C3)C2. The van der Waals surface area contributed by atoms with Gasteiger partial charge in [0.25, 0.3) is 5.91 Å². The lowest BCUT2D eigenvalue weighted by atomic mass is 9.47. The third kappa shape index (κ3) is 1.96. The van der Waals surface area contributed by atoms with Crippen LogP contribution in [0.25, 0.3) is 0 Å². The van der Waals surface area contributed by atoms with Gasteiger partial charge in [0.1, 0.15) is 0 Å². The molecule has 0 saturated heterocycles. The number of halogens is 1. The largest absolute Gasteiger partial charge is 0.459 e. The van der Waals surface area contributed by atoms with Crippen LogP contribution in [0.2, 0.25) is 0 Å². The molecule has 1 heterocycles. The summed E-state index contributed by atoms with van der Waals surface area (Å²) in [6.07, 6.45) is 6.25. The number of nitrogens with two attached hydrogens (primary N) is 1. The molecule has 2 amide bonds. The van der Waals surface area contributed by atoms with E-state index in [0.717, 1.165) is 32.1 Å². The molecule has 4 bridgehead atoms. The van der Waals surface area contributed by atoms with Gasteiger partial charge in [0.15, 0.2) is 5.76 Å². The van der Waals surface area contributed by atoms with Gasteiger partial charge < -0.3 is 10.2 Å². The lowest BCUT2D eigenvalue weighted by Gasteiger charge is -2.59. The summed E-state index contributed by atoms with van der Waals surface area (Å²) in [6, 6.07) is 3.52. The molecule has 1 aromatic rings. The normalized spacial score (nSPS) is 39.0. The monoisotopic (exact) mass is 366 g/mol. The Kier molecular flexibility index (Phi) is 3.15. The molecule has 4 aliphatic carbocycles. The maximum atomic E-state index is 12.5. The highest BCUT2D eigenvalue weighted by Gasteiger charge is 2.59. The average molecular weight is 367 g/mol. The maximum Gasteiger partial charge on any atom is 0.299 e. The fraction of sp³-hybridized carbons (Fsp3) is 0.625. The van der Waals surface area contributed by atoms with E-state index in [1.807, 2.05) is 0 Å². The molecule has 2 N–H and O–H groups in total. The highest BCUT2D eigenvalue weighted by atomic mass is 79.9. The van der Waals surface area contributed by atoms with E-state index in [4.69, 9.17) is 10.2 Å². The van der Waals surface area contributed by atoms with Crippen molar-refractivity contribution in [1.29, 1.82) is 0 Å². The Bertz CT molecular complexity index is 599. The van der Waals surface area contributed by atoms with E-state index in [0.29, 0.717) is 23.5 Å². The highest BCUT2D eigenvalue weighted by molar-refractivity contribution is 9.07. The van der Waals surface area contributed by atoms with Crippen molar-refractivity contribution in [2.45, 2.75) is 38.1 Å². The predicted molar refractivity (Wildman–Crippen MR) is 82.8 cm³/mol. The Hall–Kier alpha value is -1.30. The lowest BCUT2D eigenvalue weighted by molar-refractivity contribution is -0.147. The Morgan fingerprint density at radius 2 is 1.95 bits per heavy atom. The summed E-state index contributed by atoms with van der Waals surface area (Å²) < 4.78 is 6.88. The second-order valence-corrected chi connectivity index (χ2v) is 7.96. The second-order valence-electron chi connectivity index (χ2n) is 7.20. The first-order valence-corrected chi connectivity index (χ1v) is 8.54. The summed E-state index contributed by atoms with van der Waals surface area (Å²) in [5.41, 5.74) is 5.38. The van der Waals surface area contributed by atoms with Crippen molar-refractivity contribution in [3.05, 3.63) is 24.2 Å². The third-order valence-corrected chi connectivity index (χ3v) is 6.73. The topological polar surface area (TPSA) is 76.5 Å².